The van der Waals surface area contributed by atoms with Gasteiger partial charge >= 0.3 is 0 Å². The van der Waals surface area contributed by atoms with Gasteiger partial charge in [0.25, 0.3) is 0 Å². The van der Waals surface area contributed by atoms with Crippen LogP contribution < -0.4 is 10.1 Å². The van der Waals surface area contributed by atoms with Crippen molar-refractivity contribution in [1.29, 1.82) is 0 Å². The second-order valence-corrected chi connectivity index (χ2v) is 6.05. The molecular weight excluding hydrogens is 415 g/mol. The summed E-state index contributed by atoms with van der Waals surface area (Å²) in [6.45, 7) is 6.49. The molecule has 1 atom stereocenters. The van der Waals surface area contributed by atoms with Gasteiger partial charge in [-0.1, -0.05) is 18.2 Å². The molecule has 6 heteroatoms. The van der Waals surface area contributed by atoms with E-state index in [2.05, 4.69) is 36.1 Å². The van der Waals surface area contributed by atoms with E-state index in [1.54, 1.807) is 0 Å². The molecule has 1 aliphatic heterocycles. The Hall–Kier alpha value is -1.02. The van der Waals surface area contributed by atoms with Gasteiger partial charge in [-0.2, -0.15) is 0 Å². The van der Waals surface area contributed by atoms with Gasteiger partial charge in [0.1, 0.15) is 12.4 Å². The van der Waals surface area contributed by atoms with Crippen molar-refractivity contribution >= 4 is 29.9 Å². The molecule has 0 radical (unpaired) electrons. The van der Waals surface area contributed by atoms with E-state index in [4.69, 9.17) is 9.73 Å². The van der Waals surface area contributed by atoms with Crippen molar-refractivity contribution in [2.75, 3.05) is 46.9 Å². The van der Waals surface area contributed by atoms with Crippen LogP contribution in [0.4, 0.5) is 0 Å². The topological polar surface area (TPSA) is 40.1 Å². The Morgan fingerprint density at radius 2 is 2.12 bits per heavy atom. The molecule has 1 unspecified atom stereocenters. The molecule has 0 aromatic heterocycles. The lowest BCUT2D eigenvalue weighted by molar-refractivity contribution is 0.280. The molecule has 2 rings (SSSR count). The molecule has 1 fully saturated rings. The van der Waals surface area contributed by atoms with Crippen molar-refractivity contribution in [3.63, 3.8) is 0 Å². The molecule has 1 heterocycles. The van der Waals surface area contributed by atoms with Crippen molar-refractivity contribution < 1.29 is 4.74 Å². The summed E-state index contributed by atoms with van der Waals surface area (Å²) in [5.41, 5.74) is 0. The van der Waals surface area contributed by atoms with Gasteiger partial charge in [-0.05, 0) is 45.5 Å². The van der Waals surface area contributed by atoms with Gasteiger partial charge in [-0.15, -0.1) is 24.0 Å². The van der Waals surface area contributed by atoms with Crippen LogP contribution in [0.25, 0.3) is 0 Å². The van der Waals surface area contributed by atoms with Crippen LogP contribution >= 0.6 is 24.0 Å². The minimum absolute atomic E-state index is 0. The number of para-hydroxylation sites is 1. The van der Waals surface area contributed by atoms with E-state index in [-0.39, 0.29) is 24.0 Å². The number of nitrogens with one attached hydrogen (secondary N) is 1. The Kier molecular flexibility index (Phi) is 10.1. The number of hydrogen-bond acceptors (Lipinski definition) is 3. The van der Waals surface area contributed by atoms with E-state index >= 15 is 0 Å². The van der Waals surface area contributed by atoms with Gasteiger partial charge in [-0.3, -0.25) is 4.99 Å². The molecule has 0 spiro atoms. The number of hydrogen-bond donors (Lipinski definition) is 1. The minimum atomic E-state index is 0. The van der Waals surface area contributed by atoms with E-state index in [9.17, 15) is 0 Å². The molecule has 1 aromatic rings. The average molecular weight is 446 g/mol. The van der Waals surface area contributed by atoms with E-state index in [1.165, 1.54) is 19.4 Å². The molecule has 0 aliphatic carbocycles. The first-order chi connectivity index (χ1) is 11.2. The van der Waals surface area contributed by atoms with Gasteiger partial charge in [0.05, 0.1) is 13.1 Å². The van der Waals surface area contributed by atoms with E-state index < -0.39 is 0 Å². The Balaban J connectivity index is 0.00000288. The molecule has 0 bridgehead atoms. The fourth-order valence-electron chi connectivity index (χ4n) is 2.79. The normalized spacial score (nSPS) is 18.1. The third-order valence-corrected chi connectivity index (χ3v) is 4.26. The largest absolute Gasteiger partial charge is 0.492 e. The number of benzene rings is 1. The summed E-state index contributed by atoms with van der Waals surface area (Å²) in [5, 5.41) is 3.37. The first-order valence-corrected chi connectivity index (χ1v) is 8.58. The van der Waals surface area contributed by atoms with Crippen LogP contribution in [0.15, 0.2) is 35.3 Å². The van der Waals surface area contributed by atoms with Crippen molar-refractivity contribution in [1.82, 2.24) is 15.1 Å². The van der Waals surface area contributed by atoms with E-state index in [0.717, 1.165) is 31.3 Å². The van der Waals surface area contributed by atoms with Crippen LogP contribution in [0.5, 0.6) is 5.75 Å². The van der Waals surface area contributed by atoms with Gasteiger partial charge in [-0.25, -0.2) is 0 Å². The van der Waals surface area contributed by atoms with Gasteiger partial charge in [0.2, 0.25) is 0 Å². The number of aliphatic imine (C=N–C) groups is 1. The third-order valence-electron chi connectivity index (χ3n) is 4.26. The highest BCUT2D eigenvalue weighted by molar-refractivity contribution is 14.0. The summed E-state index contributed by atoms with van der Waals surface area (Å²) < 4.78 is 5.77. The number of guanidine groups is 1. The Bertz CT molecular complexity index is 483. The van der Waals surface area contributed by atoms with Crippen molar-refractivity contribution in [2.24, 2.45) is 4.99 Å². The van der Waals surface area contributed by atoms with Crippen molar-refractivity contribution in [3.05, 3.63) is 30.3 Å². The van der Waals surface area contributed by atoms with Gasteiger partial charge in [0.15, 0.2) is 5.96 Å². The summed E-state index contributed by atoms with van der Waals surface area (Å²) in [6.07, 6.45) is 2.54. The zero-order valence-corrected chi connectivity index (χ0v) is 17.4. The number of rotatable bonds is 7. The molecule has 24 heavy (non-hydrogen) atoms. The second kappa shape index (κ2) is 11.5. The van der Waals surface area contributed by atoms with E-state index in [0.29, 0.717) is 12.6 Å². The minimum Gasteiger partial charge on any atom is -0.492 e. The van der Waals surface area contributed by atoms with Crippen LogP contribution in [-0.2, 0) is 0 Å². The van der Waals surface area contributed by atoms with E-state index in [1.807, 2.05) is 30.3 Å². The number of likely N-dealkylation sites (tertiary alicyclic amines) is 1. The number of nitrogens with zero attached hydrogens (tertiary/aromatic N) is 3. The fraction of sp³-hybridized carbons (Fsp3) is 0.611. The summed E-state index contributed by atoms with van der Waals surface area (Å²) >= 11 is 0. The molecule has 1 aromatic carbocycles. The highest BCUT2D eigenvalue weighted by atomic mass is 127. The molecule has 5 nitrogen and oxygen atoms in total. The number of halogens is 1. The maximum atomic E-state index is 5.77. The molecule has 0 saturated carbocycles. The summed E-state index contributed by atoms with van der Waals surface area (Å²) in [5.74, 6) is 1.87. The molecule has 1 aliphatic rings. The zero-order valence-electron chi connectivity index (χ0n) is 15.1. The highest BCUT2D eigenvalue weighted by Gasteiger charge is 2.20. The molecule has 0 amide bonds. The van der Waals surface area contributed by atoms with Crippen LogP contribution in [0, 0.1) is 0 Å². The standard InChI is InChI=1S/C18H30N4O.HI/c1-4-19-18(20-15-16-9-8-12-21(16)2)22(3)13-14-23-17-10-6-5-7-11-17;/h5-7,10-11,16H,4,8-9,12-15H2,1-3H3,(H,19,20);1H. The zero-order chi connectivity index (χ0) is 16.5. The van der Waals surface area contributed by atoms with Gasteiger partial charge in [0, 0.05) is 19.6 Å². The fourth-order valence-corrected chi connectivity index (χ4v) is 2.79. The first kappa shape index (κ1) is 21.0. The van der Waals surface area contributed by atoms with Crippen molar-refractivity contribution in [2.45, 2.75) is 25.8 Å². The molecule has 1 saturated heterocycles. The summed E-state index contributed by atoms with van der Waals surface area (Å²) in [4.78, 5) is 9.35. The van der Waals surface area contributed by atoms with Crippen molar-refractivity contribution in [3.8, 4) is 5.75 Å². The molecular formula is C18H31IN4O. The SMILES string of the molecule is CCNC(=NCC1CCCN1C)N(C)CCOc1ccccc1.I. The van der Waals surface area contributed by atoms with Crippen LogP contribution in [0.3, 0.4) is 0 Å². The summed E-state index contributed by atoms with van der Waals surface area (Å²) in [6, 6.07) is 10.5. The predicted octanol–water partition coefficient (Wildman–Crippen LogP) is 2.67. The lowest BCUT2D eigenvalue weighted by atomic mass is 10.2. The lowest BCUT2D eigenvalue weighted by Gasteiger charge is -2.24. The first-order valence-electron chi connectivity index (χ1n) is 8.58. The van der Waals surface area contributed by atoms with Crippen LogP contribution in [0.2, 0.25) is 0 Å². The van der Waals surface area contributed by atoms with Crippen LogP contribution in [0.1, 0.15) is 19.8 Å². The Morgan fingerprint density at radius 3 is 2.75 bits per heavy atom. The Labute approximate surface area is 163 Å². The predicted molar refractivity (Wildman–Crippen MR) is 112 cm³/mol. The molecule has 136 valence electrons. The van der Waals surface area contributed by atoms with Gasteiger partial charge < -0.3 is 19.9 Å². The summed E-state index contributed by atoms with van der Waals surface area (Å²) in [7, 11) is 4.26. The average Bonchev–Trinajstić information content (AvgIpc) is 2.97. The smallest absolute Gasteiger partial charge is 0.193 e. The molecule has 1 N–H and O–H groups in total. The number of ether oxygens (including phenoxy) is 1. The maximum absolute atomic E-state index is 5.77. The maximum Gasteiger partial charge on any atom is 0.193 e. The number of likely N-dealkylation sites (N-methyl/N-ethyl adjacent to an activating group) is 2. The Morgan fingerprint density at radius 1 is 1.38 bits per heavy atom. The van der Waals surface area contributed by atoms with Crippen LogP contribution in [-0.4, -0.2) is 68.7 Å². The lowest BCUT2D eigenvalue weighted by Crippen LogP contribution is -2.41. The second-order valence-electron chi connectivity index (χ2n) is 6.05. The third kappa shape index (κ3) is 6.84. The quantitative estimate of drug-likeness (QED) is 0.397. The monoisotopic (exact) mass is 446 g/mol. The highest BCUT2D eigenvalue weighted by Crippen LogP contribution is 2.14.